The summed E-state index contributed by atoms with van der Waals surface area (Å²) in [5, 5.41) is 3.31. The number of hydrogen-bond acceptors (Lipinski definition) is 6. The van der Waals surface area contributed by atoms with Crippen molar-refractivity contribution in [3.8, 4) is 5.88 Å². The Hall–Kier alpha value is -2.08. The van der Waals surface area contributed by atoms with Crippen molar-refractivity contribution in [1.29, 1.82) is 0 Å². The van der Waals surface area contributed by atoms with Gasteiger partial charge in [0.05, 0.1) is 17.5 Å². The molecule has 0 radical (unpaired) electrons. The van der Waals surface area contributed by atoms with Gasteiger partial charge in [-0.15, -0.1) is 0 Å². The van der Waals surface area contributed by atoms with E-state index in [1.807, 2.05) is 26.0 Å². The van der Waals surface area contributed by atoms with Gasteiger partial charge in [-0.2, -0.15) is 4.98 Å². The average Bonchev–Trinajstić information content (AvgIpc) is 2.42. The van der Waals surface area contributed by atoms with E-state index in [9.17, 15) is 0 Å². The smallest absolute Gasteiger partial charge is 0.224 e. The molecule has 0 unspecified atom stereocenters. The largest absolute Gasteiger partial charge is 0.475 e. The van der Waals surface area contributed by atoms with E-state index in [0.29, 0.717) is 29.6 Å². The average molecular weight is 308 g/mol. The summed E-state index contributed by atoms with van der Waals surface area (Å²) in [6, 6.07) is 3.79. The maximum atomic E-state index is 5.94. The van der Waals surface area contributed by atoms with E-state index in [1.165, 1.54) is 0 Å². The number of nitrogen functional groups attached to an aromatic ring is 1. The van der Waals surface area contributed by atoms with E-state index < -0.39 is 0 Å². The van der Waals surface area contributed by atoms with Gasteiger partial charge in [0, 0.05) is 18.3 Å². The molecule has 0 aromatic carbocycles. The van der Waals surface area contributed by atoms with Gasteiger partial charge in [-0.1, -0.05) is 6.07 Å². The number of nitrogens with two attached hydrogens (primary N) is 1. The molecule has 7 heteroatoms. The molecule has 6 nitrogen and oxygen atoms in total. The first-order chi connectivity index (χ1) is 9.97. The van der Waals surface area contributed by atoms with Gasteiger partial charge in [0.15, 0.2) is 5.82 Å². The van der Waals surface area contributed by atoms with Crippen LogP contribution in [0.15, 0.2) is 18.3 Å². The number of aromatic nitrogens is 3. The molecule has 2 aromatic heterocycles. The van der Waals surface area contributed by atoms with Crippen LogP contribution >= 0.6 is 11.6 Å². The summed E-state index contributed by atoms with van der Waals surface area (Å²) in [5.74, 6) is 1.10. The highest BCUT2D eigenvalue weighted by Crippen LogP contribution is 2.23. The zero-order valence-corrected chi connectivity index (χ0v) is 13.0. The lowest BCUT2D eigenvalue weighted by atomic mass is 10.2. The number of nitrogens with zero attached hydrogens (tertiary/aromatic N) is 3. The van der Waals surface area contributed by atoms with Gasteiger partial charge in [0.2, 0.25) is 11.2 Å². The number of nitrogens with one attached hydrogen (secondary N) is 1. The van der Waals surface area contributed by atoms with Crippen molar-refractivity contribution in [2.45, 2.75) is 33.4 Å². The van der Waals surface area contributed by atoms with E-state index in [1.54, 1.807) is 13.1 Å². The van der Waals surface area contributed by atoms with Crippen molar-refractivity contribution in [3.63, 3.8) is 0 Å². The Bertz CT molecular complexity index is 633. The fourth-order valence-electron chi connectivity index (χ4n) is 1.75. The number of halogens is 1. The van der Waals surface area contributed by atoms with Crippen LogP contribution in [-0.4, -0.2) is 21.1 Å². The Kier molecular flexibility index (Phi) is 4.80. The van der Waals surface area contributed by atoms with Crippen molar-refractivity contribution in [2.24, 2.45) is 0 Å². The minimum atomic E-state index is 0.0551. The van der Waals surface area contributed by atoms with Crippen LogP contribution in [0.25, 0.3) is 0 Å². The second-order valence-electron chi connectivity index (χ2n) is 4.83. The first kappa shape index (κ1) is 15.3. The first-order valence-corrected chi connectivity index (χ1v) is 6.99. The maximum Gasteiger partial charge on any atom is 0.224 e. The molecular formula is C14H18ClN5O. The van der Waals surface area contributed by atoms with Gasteiger partial charge < -0.3 is 15.8 Å². The van der Waals surface area contributed by atoms with Crippen molar-refractivity contribution in [1.82, 2.24) is 15.0 Å². The van der Waals surface area contributed by atoms with Crippen LogP contribution in [0.1, 0.15) is 25.1 Å². The SMILES string of the molecule is Cc1nc(Cl)nc(NCc2cccnc2OC(C)C)c1N. The summed E-state index contributed by atoms with van der Waals surface area (Å²) in [5.41, 5.74) is 7.98. The van der Waals surface area contributed by atoms with E-state index in [4.69, 9.17) is 22.1 Å². The molecule has 3 N–H and O–H groups in total. The van der Waals surface area contributed by atoms with Gasteiger partial charge in [-0.25, -0.2) is 9.97 Å². The summed E-state index contributed by atoms with van der Waals surface area (Å²) in [4.78, 5) is 12.3. The van der Waals surface area contributed by atoms with E-state index in [0.717, 1.165) is 5.56 Å². The molecule has 0 atom stereocenters. The molecule has 112 valence electrons. The summed E-state index contributed by atoms with van der Waals surface area (Å²) in [6.45, 7) is 6.17. The van der Waals surface area contributed by atoms with Crippen LogP contribution < -0.4 is 15.8 Å². The molecule has 0 saturated carbocycles. The lowest BCUT2D eigenvalue weighted by molar-refractivity contribution is 0.230. The Morgan fingerprint density at radius 1 is 1.38 bits per heavy atom. The quantitative estimate of drug-likeness (QED) is 0.826. The minimum Gasteiger partial charge on any atom is -0.475 e. The molecule has 0 fully saturated rings. The molecule has 2 rings (SSSR count). The molecule has 0 aliphatic carbocycles. The third-order valence-corrected chi connectivity index (χ3v) is 2.92. The van der Waals surface area contributed by atoms with Gasteiger partial charge in [-0.3, -0.25) is 0 Å². The van der Waals surface area contributed by atoms with Gasteiger partial charge >= 0.3 is 0 Å². The van der Waals surface area contributed by atoms with Crippen LogP contribution in [-0.2, 0) is 6.54 Å². The predicted molar refractivity (Wildman–Crippen MR) is 83.5 cm³/mol. The number of ether oxygens (including phenoxy) is 1. The second kappa shape index (κ2) is 6.58. The normalized spacial score (nSPS) is 10.7. The fourth-order valence-corrected chi connectivity index (χ4v) is 1.96. The number of rotatable bonds is 5. The highest BCUT2D eigenvalue weighted by Gasteiger charge is 2.10. The molecule has 0 bridgehead atoms. The van der Waals surface area contributed by atoms with Gasteiger partial charge in [-0.05, 0) is 38.4 Å². The summed E-state index contributed by atoms with van der Waals surface area (Å²) in [7, 11) is 0. The molecule has 0 spiro atoms. The molecule has 21 heavy (non-hydrogen) atoms. The van der Waals surface area contributed by atoms with Crippen molar-refractivity contribution >= 4 is 23.1 Å². The van der Waals surface area contributed by atoms with Crippen LogP contribution in [0.3, 0.4) is 0 Å². The Labute approximate surface area is 128 Å². The third-order valence-electron chi connectivity index (χ3n) is 2.75. The van der Waals surface area contributed by atoms with Crippen LogP contribution in [0.2, 0.25) is 5.28 Å². The topological polar surface area (TPSA) is 86.0 Å². The third kappa shape index (κ3) is 3.95. The Balaban J connectivity index is 2.17. The number of aryl methyl sites for hydroxylation is 1. The number of anilines is 2. The fraction of sp³-hybridized carbons (Fsp3) is 0.357. The summed E-state index contributed by atoms with van der Waals surface area (Å²) >= 11 is 5.85. The highest BCUT2D eigenvalue weighted by molar-refractivity contribution is 6.28. The minimum absolute atomic E-state index is 0.0551. The molecular weight excluding hydrogens is 290 g/mol. The number of hydrogen-bond donors (Lipinski definition) is 2. The summed E-state index contributed by atoms with van der Waals surface area (Å²) in [6.07, 6.45) is 1.75. The Morgan fingerprint density at radius 3 is 2.86 bits per heavy atom. The predicted octanol–water partition coefficient (Wildman–Crippen LogP) is 2.81. The zero-order chi connectivity index (χ0) is 15.4. The molecule has 0 saturated heterocycles. The zero-order valence-electron chi connectivity index (χ0n) is 12.2. The van der Waals surface area contributed by atoms with Crippen molar-refractivity contribution in [3.05, 3.63) is 34.9 Å². The van der Waals surface area contributed by atoms with E-state index in [-0.39, 0.29) is 11.4 Å². The highest BCUT2D eigenvalue weighted by atomic mass is 35.5. The van der Waals surface area contributed by atoms with Gasteiger partial charge in [0.25, 0.3) is 0 Å². The van der Waals surface area contributed by atoms with E-state index in [2.05, 4.69) is 20.3 Å². The van der Waals surface area contributed by atoms with Crippen LogP contribution in [0, 0.1) is 6.92 Å². The van der Waals surface area contributed by atoms with Gasteiger partial charge in [0.1, 0.15) is 0 Å². The molecule has 2 aromatic rings. The molecule has 0 aliphatic heterocycles. The van der Waals surface area contributed by atoms with Crippen molar-refractivity contribution in [2.75, 3.05) is 11.1 Å². The lowest BCUT2D eigenvalue weighted by Gasteiger charge is -2.14. The summed E-state index contributed by atoms with van der Waals surface area (Å²) < 4.78 is 5.67. The van der Waals surface area contributed by atoms with E-state index >= 15 is 0 Å². The van der Waals surface area contributed by atoms with Crippen LogP contribution in [0.4, 0.5) is 11.5 Å². The molecule has 0 amide bonds. The molecule has 0 aliphatic rings. The number of pyridine rings is 1. The monoisotopic (exact) mass is 307 g/mol. The maximum absolute atomic E-state index is 5.94. The second-order valence-corrected chi connectivity index (χ2v) is 5.17. The lowest BCUT2D eigenvalue weighted by Crippen LogP contribution is -2.12. The standard InChI is InChI=1S/C14H18ClN5O/c1-8(2)21-13-10(5-4-6-17-13)7-18-12-11(16)9(3)19-14(15)20-12/h4-6,8H,7,16H2,1-3H3,(H,18,19,20). The van der Waals surface area contributed by atoms with Crippen LogP contribution in [0.5, 0.6) is 5.88 Å². The first-order valence-electron chi connectivity index (χ1n) is 6.61. The van der Waals surface area contributed by atoms with Crippen molar-refractivity contribution < 1.29 is 4.74 Å². The Morgan fingerprint density at radius 2 is 2.14 bits per heavy atom. The molecule has 2 heterocycles.